The fourth-order valence-electron chi connectivity index (χ4n) is 3.37. The molecule has 2 heterocycles. The normalized spacial score (nSPS) is 17.1. The van der Waals surface area contributed by atoms with Crippen LogP contribution < -0.4 is 4.90 Å². The summed E-state index contributed by atoms with van der Waals surface area (Å²) in [5.41, 5.74) is 4.03. The number of aromatic amines is 1. The minimum absolute atomic E-state index is 0.0261. The van der Waals surface area contributed by atoms with Crippen LogP contribution in [-0.2, 0) is 16.0 Å². The number of anilines is 1. The third kappa shape index (κ3) is 3.70. The van der Waals surface area contributed by atoms with Crippen molar-refractivity contribution < 1.29 is 9.59 Å². The summed E-state index contributed by atoms with van der Waals surface area (Å²) in [5.74, 6) is -0.222. The van der Waals surface area contributed by atoms with Crippen LogP contribution in [0.2, 0.25) is 0 Å². The van der Waals surface area contributed by atoms with E-state index in [9.17, 15) is 14.9 Å². The van der Waals surface area contributed by atoms with E-state index in [0.717, 1.165) is 17.0 Å². The lowest BCUT2D eigenvalue weighted by Crippen LogP contribution is -2.57. The Hall–Kier alpha value is -3.14. The van der Waals surface area contributed by atoms with E-state index >= 15 is 0 Å². The maximum Gasteiger partial charge on any atom is 0.246 e. The van der Waals surface area contributed by atoms with Crippen LogP contribution in [0.4, 0.5) is 5.69 Å². The van der Waals surface area contributed by atoms with Gasteiger partial charge in [0.15, 0.2) is 0 Å². The number of rotatable bonds is 4. The Balaban J connectivity index is 1.68. The first-order chi connectivity index (χ1) is 12.9. The second-order valence-corrected chi connectivity index (χ2v) is 6.92. The minimum Gasteiger partial charge on any atom is -0.329 e. The maximum atomic E-state index is 12.7. The molecule has 1 N–H and O–H groups in total. The zero-order chi connectivity index (χ0) is 19.6. The van der Waals surface area contributed by atoms with Gasteiger partial charge >= 0.3 is 0 Å². The number of para-hydroxylation sites is 1. The summed E-state index contributed by atoms with van der Waals surface area (Å²) in [4.78, 5) is 28.6. The molecule has 0 bridgehead atoms. The molecular weight excluding hydrogens is 342 g/mol. The highest BCUT2D eigenvalue weighted by Crippen LogP contribution is 2.24. The highest BCUT2D eigenvalue weighted by Gasteiger charge is 2.33. The second kappa shape index (κ2) is 7.62. The summed E-state index contributed by atoms with van der Waals surface area (Å²) in [6.45, 7) is 6.27. The predicted octanol–water partition coefficient (Wildman–Crippen LogP) is 2.09. The molecule has 0 radical (unpaired) electrons. The molecule has 1 aliphatic heterocycles. The Bertz CT molecular complexity index is 911. The number of aromatic nitrogens is 2. The molecule has 0 unspecified atom stereocenters. The van der Waals surface area contributed by atoms with Gasteiger partial charge in [0.05, 0.1) is 16.9 Å². The van der Waals surface area contributed by atoms with Crippen molar-refractivity contribution in [3.63, 3.8) is 0 Å². The van der Waals surface area contributed by atoms with Gasteiger partial charge in [-0.15, -0.1) is 0 Å². The molecule has 140 valence electrons. The third-order valence-electron chi connectivity index (χ3n) is 5.15. The van der Waals surface area contributed by atoms with E-state index in [1.54, 1.807) is 34.1 Å². The average Bonchev–Trinajstić information content (AvgIpc) is 2.99. The molecule has 1 aromatic heterocycles. The fraction of sp³-hybridized carbons (Fsp3) is 0.400. The van der Waals surface area contributed by atoms with Crippen molar-refractivity contribution in [2.24, 2.45) is 0 Å². The molecule has 27 heavy (non-hydrogen) atoms. The predicted molar refractivity (Wildman–Crippen MR) is 101 cm³/mol. The van der Waals surface area contributed by atoms with Crippen molar-refractivity contribution in [1.82, 2.24) is 15.1 Å². The molecule has 0 saturated carbocycles. The van der Waals surface area contributed by atoms with Crippen LogP contribution in [0.5, 0.6) is 0 Å². The summed E-state index contributed by atoms with van der Waals surface area (Å²) in [6.07, 6.45) is 0.866. The Morgan fingerprint density at radius 3 is 2.78 bits per heavy atom. The van der Waals surface area contributed by atoms with Gasteiger partial charge in [-0.25, -0.2) is 0 Å². The van der Waals surface area contributed by atoms with Gasteiger partial charge in [0, 0.05) is 31.1 Å². The summed E-state index contributed by atoms with van der Waals surface area (Å²) < 4.78 is 0. The topological polar surface area (TPSA) is 93.1 Å². The van der Waals surface area contributed by atoms with Gasteiger partial charge < -0.3 is 9.80 Å². The summed E-state index contributed by atoms with van der Waals surface area (Å²) in [7, 11) is 0. The highest BCUT2D eigenvalue weighted by atomic mass is 16.2. The quantitative estimate of drug-likeness (QED) is 0.898. The number of benzene rings is 1. The number of carbonyl (C=O) groups is 2. The lowest BCUT2D eigenvalue weighted by atomic mass is 10.1. The summed E-state index contributed by atoms with van der Waals surface area (Å²) in [6, 6.07) is 9.04. The third-order valence-corrected chi connectivity index (χ3v) is 5.15. The van der Waals surface area contributed by atoms with Crippen LogP contribution >= 0.6 is 0 Å². The Kier molecular flexibility index (Phi) is 5.26. The number of H-pyrrole nitrogens is 1. The van der Waals surface area contributed by atoms with Crippen molar-refractivity contribution in [2.45, 2.75) is 39.7 Å². The molecule has 1 fully saturated rings. The maximum absolute atomic E-state index is 12.7. The van der Waals surface area contributed by atoms with Gasteiger partial charge in [-0.05, 0) is 38.5 Å². The zero-order valence-electron chi connectivity index (χ0n) is 15.8. The number of piperazine rings is 1. The number of hydrogen-bond acceptors (Lipinski definition) is 4. The van der Waals surface area contributed by atoms with Crippen LogP contribution in [0, 0.1) is 25.2 Å². The molecule has 2 aromatic rings. The fourth-order valence-corrected chi connectivity index (χ4v) is 3.37. The molecule has 1 saturated heterocycles. The van der Waals surface area contributed by atoms with E-state index in [4.69, 9.17) is 0 Å². The van der Waals surface area contributed by atoms with Gasteiger partial charge in [-0.2, -0.15) is 10.4 Å². The zero-order valence-corrected chi connectivity index (χ0v) is 15.8. The number of carbonyl (C=O) groups excluding carboxylic acids is 2. The van der Waals surface area contributed by atoms with Crippen LogP contribution in [0.1, 0.15) is 35.9 Å². The highest BCUT2D eigenvalue weighted by molar-refractivity contribution is 5.99. The molecule has 1 atom stereocenters. The molecular formula is C20H23N5O2. The van der Waals surface area contributed by atoms with Crippen molar-refractivity contribution in [3.8, 4) is 6.07 Å². The molecule has 7 nitrogen and oxygen atoms in total. The standard InChI is InChI=1S/C20H23N5O2/c1-13-11-25(18-7-5-4-6-16(18)10-21)20(27)12-24(13)19(26)9-8-17-14(2)15(3)22-23-17/h4-7,13H,8-9,11-12H2,1-3H3,(H,22,23)/t13-/m0/s1. The van der Waals surface area contributed by atoms with Gasteiger partial charge in [0.25, 0.3) is 0 Å². The number of amides is 2. The van der Waals surface area contributed by atoms with E-state index in [0.29, 0.717) is 30.6 Å². The average molecular weight is 365 g/mol. The lowest BCUT2D eigenvalue weighted by molar-refractivity contribution is -0.139. The molecule has 2 amide bonds. The summed E-state index contributed by atoms with van der Waals surface area (Å²) in [5, 5.41) is 16.4. The van der Waals surface area contributed by atoms with E-state index < -0.39 is 0 Å². The number of hydrogen-bond donors (Lipinski definition) is 1. The molecule has 0 aliphatic carbocycles. The molecule has 3 rings (SSSR count). The smallest absolute Gasteiger partial charge is 0.246 e. The van der Waals surface area contributed by atoms with Gasteiger partial charge in [-0.1, -0.05) is 12.1 Å². The van der Waals surface area contributed by atoms with Gasteiger partial charge in [0.2, 0.25) is 11.8 Å². The van der Waals surface area contributed by atoms with Crippen LogP contribution in [-0.4, -0.2) is 46.0 Å². The SMILES string of the molecule is Cc1[nH]nc(CCC(=O)N2CC(=O)N(c3ccccc3C#N)C[C@@H]2C)c1C. The number of nitrogens with one attached hydrogen (secondary N) is 1. The molecule has 7 heteroatoms. The van der Waals surface area contributed by atoms with Crippen LogP contribution in [0.3, 0.4) is 0 Å². The molecule has 1 aromatic carbocycles. The largest absolute Gasteiger partial charge is 0.329 e. The van der Waals surface area contributed by atoms with Crippen molar-refractivity contribution >= 4 is 17.5 Å². The van der Waals surface area contributed by atoms with Crippen molar-refractivity contribution in [3.05, 3.63) is 46.8 Å². The van der Waals surface area contributed by atoms with E-state index in [1.807, 2.05) is 20.8 Å². The Labute approximate surface area is 158 Å². The number of nitrogens with zero attached hydrogens (tertiary/aromatic N) is 4. The van der Waals surface area contributed by atoms with Crippen LogP contribution in [0.25, 0.3) is 0 Å². The van der Waals surface area contributed by atoms with Gasteiger partial charge in [0.1, 0.15) is 12.6 Å². The molecule has 1 aliphatic rings. The number of aryl methyl sites for hydroxylation is 2. The summed E-state index contributed by atoms with van der Waals surface area (Å²) >= 11 is 0. The Morgan fingerprint density at radius 2 is 2.11 bits per heavy atom. The monoisotopic (exact) mass is 365 g/mol. The second-order valence-electron chi connectivity index (χ2n) is 6.92. The number of nitriles is 1. The first-order valence-electron chi connectivity index (χ1n) is 9.01. The molecule has 0 spiro atoms. The van der Waals surface area contributed by atoms with Crippen molar-refractivity contribution in [1.29, 1.82) is 5.26 Å². The van der Waals surface area contributed by atoms with Gasteiger partial charge in [-0.3, -0.25) is 14.7 Å². The minimum atomic E-state index is -0.170. The van der Waals surface area contributed by atoms with Crippen molar-refractivity contribution in [2.75, 3.05) is 18.0 Å². The first kappa shape index (κ1) is 18.6. The van der Waals surface area contributed by atoms with E-state index in [2.05, 4.69) is 16.3 Å². The van der Waals surface area contributed by atoms with E-state index in [-0.39, 0.29) is 24.4 Å². The van der Waals surface area contributed by atoms with Crippen LogP contribution in [0.15, 0.2) is 24.3 Å². The van der Waals surface area contributed by atoms with E-state index in [1.165, 1.54) is 0 Å². The first-order valence-corrected chi connectivity index (χ1v) is 9.01. The Morgan fingerprint density at radius 1 is 1.37 bits per heavy atom. The lowest BCUT2D eigenvalue weighted by Gasteiger charge is -2.39.